The van der Waals surface area contributed by atoms with Crippen LogP contribution in [-0.2, 0) is 15.4 Å². The predicted molar refractivity (Wildman–Crippen MR) is 75.1 cm³/mol. The van der Waals surface area contributed by atoms with Gasteiger partial charge in [-0.1, -0.05) is 6.07 Å². The Morgan fingerprint density at radius 1 is 1.33 bits per heavy atom. The van der Waals surface area contributed by atoms with Crippen molar-refractivity contribution in [3.05, 3.63) is 58.4 Å². The second kappa shape index (κ2) is 4.85. The number of nitrogens with zero attached hydrogens (tertiary/aromatic N) is 1. The molecule has 0 fully saturated rings. The van der Waals surface area contributed by atoms with Crippen molar-refractivity contribution in [2.45, 2.75) is 11.3 Å². The first-order valence-electron chi connectivity index (χ1n) is 6.09. The number of aromatic nitrogens is 1. The summed E-state index contributed by atoms with van der Waals surface area (Å²) in [6.07, 6.45) is 4.16. The largest absolute Gasteiger partial charge is 0.431 e. The molecule has 2 aromatic heterocycles. The second-order valence-corrected chi connectivity index (χ2v) is 7.28. The second-order valence-electron chi connectivity index (χ2n) is 4.53. The van der Waals surface area contributed by atoms with Crippen molar-refractivity contribution < 1.29 is 18.2 Å². The Labute approximate surface area is 121 Å². The summed E-state index contributed by atoms with van der Waals surface area (Å²) in [7, 11) is -2.50. The molecule has 0 aromatic carbocycles. The maximum Gasteiger partial charge on any atom is 0.368 e. The molecular weight excluding hydrogens is 294 g/mol. The van der Waals surface area contributed by atoms with Gasteiger partial charge in [-0.25, -0.2) is 14.6 Å². The van der Waals surface area contributed by atoms with Crippen LogP contribution in [0.15, 0.2) is 50.8 Å². The summed E-state index contributed by atoms with van der Waals surface area (Å²) < 4.78 is 10.2. The van der Waals surface area contributed by atoms with Gasteiger partial charge in [0, 0.05) is 17.3 Å². The summed E-state index contributed by atoms with van der Waals surface area (Å²) >= 11 is 0. The molecule has 0 spiro atoms. The van der Waals surface area contributed by atoms with Gasteiger partial charge in [0.25, 0.3) is 0 Å². The SMILES string of the molecule is CS1(OC(=O)c2ccccn2)C(=O)Cc2c1ccoc2=O. The molecule has 2 aromatic rings. The lowest BCUT2D eigenvalue weighted by Gasteiger charge is -2.28. The zero-order valence-corrected chi connectivity index (χ0v) is 11.9. The maximum absolute atomic E-state index is 12.2. The number of fused-ring (bicyclic) bond motifs is 1. The molecule has 108 valence electrons. The van der Waals surface area contributed by atoms with E-state index in [-0.39, 0.29) is 22.8 Å². The van der Waals surface area contributed by atoms with E-state index in [4.69, 9.17) is 8.60 Å². The van der Waals surface area contributed by atoms with Gasteiger partial charge in [0.05, 0.1) is 18.2 Å². The Hall–Kier alpha value is -2.41. The molecule has 0 N–H and O–H groups in total. The van der Waals surface area contributed by atoms with Gasteiger partial charge in [-0.2, -0.15) is 0 Å². The minimum absolute atomic E-state index is 0.0696. The highest BCUT2D eigenvalue weighted by atomic mass is 32.3. The lowest BCUT2D eigenvalue weighted by atomic mass is 10.2. The topological polar surface area (TPSA) is 86.5 Å². The van der Waals surface area contributed by atoms with Gasteiger partial charge in [-0.05, 0) is 28.5 Å². The smallest absolute Gasteiger partial charge is 0.368 e. The number of pyridine rings is 1. The molecule has 1 atom stereocenters. The van der Waals surface area contributed by atoms with Gasteiger partial charge in [0.1, 0.15) is 5.69 Å². The van der Waals surface area contributed by atoms with Crippen molar-refractivity contribution in [2.75, 3.05) is 6.26 Å². The van der Waals surface area contributed by atoms with Crippen molar-refractivity contribution in [1.82, 2.24) is 4.98 Å². The Balaban J connectivity index is 1.99. The minimum atomic E-state index is -2.50. The van der Waals surface area contributed by atoms with Crippen LogP contribution in [0.1, 0.15) is 16.1 Å². The first-order chi connectivity index (χ1) is 10.0. The van der Waals surface area contributed by atoms with Crippen molar-refractivity contribution >= 4 is 21.4 Å². The van der Waals surface area contributed by atoms with Gasteiger partial charge in [0.2, 0.25) is 5.12 Å². The zero-order valence-electron chi connectivity index (χ0n) is 11.1. The summed E-state index contributed by atoms with van der Waals surface area (Å²) in [4.78, 5) is 40.4. The molecule has 0 saturated carbocycles. The Bertz CT molecular complexity index is 785. The quantitative estimate of drug-likeness (QED) is 0.839. The molecule has 0 aliphatic carbocycles. The van der Waals surface area contributed by atoms with Crippen LogP contribution in [0, 0.1) is 0 Å². The highest BCUT2D eigenvalue weighted by Gasteiger charge is 2.43. The van der Waals surface area contributed by atoms with E-state index < -0.39 is 21.9 Å². The number of carbonyl (C=O) groups excluding carboxylic acids is 2. The van der Waals surface area contributed by atoms with Crippen LogP contribution in [-0.4, -0.2) is 22.3 Å². The summed E-state index contributed by atoms with van der Waals surface area (Å²) in [6, 6.07) is 6.35. The molecule has 3 rings (SSSR count). The van der Waals surface area contributed by atoms with Crippen molar-refractivity contribution in [3.8, 4) is 0 Å². The molecular formula is C14H11NO5S. The van der Waals surface area contributed by atoms with Crippen molar-refractivity contribution in [1.29, 1.82) is 0 Å². The fourth-order valence-electron chi connectivity index (χ4n) is 2.13. The summed E-state index contributed by atoms with van der Waals surface area (Å²) in [5, 5.41) is -0.278. The van der Waals surface area contributed by atoms with E-state index in [0.29, 0.717) is 4.90 Å². The van der Waals surface area contributed by atoms with Gasteiger partial charge in [-0.15, -0.1) is 0 Å². The van der Waals surface area contributed by atoms with Crippen LogP contribution < -0.4 is 5.63 Å². The average molecular weight is 305 g/mol. The molecule has 3 heterocycles. The first kappa shape index (κ1) is 13.6. The fourth-order valence-corrected chi connectivity index (χ4v) is 4.30. The van der Waals surface area contributed by atoms with Gasteiger partial charge in [0.15, 0.2) is 0 Å². The van der Waals surface area contributed by atoms with Crippen molar-refractivity contribution in [2.24, 2.45) is 0 Å². The van der Waals surface area contributed by atoms with E-state index in [1.807, 2.05) is 0 Å². The van der Waals surface area contributed by atoms with E-state index in [9.17, 15) is 14.4 Å². The first-order valence-corrected chi connectivity index (χ1v) is 8.06. The third kappa shape index (κ3) is 2.15. The average Bonchev–Trinajstić information content (AvgIpc) is 2.74. The third-order valence-electron chi connectivity index (χ3n) is 3.23. The normalized spacial score (nSPS) is 23.2. The number of carbonyl (C=O) groups is 2. The molecule has 1 unspecified atom stereocenters. The molecule has 7 heteroatoms. The molecule has 0 saturated heterocycles. The standard InChI is InChI=1S/C14H11NO5S/c1-21(20-14(18)10-4-2-3-6-15-10)11-5-7-19-13(17)9(11)8-12(21)16/h2-7H,8H2,1H3. The highest BCUT2D eigenvalue weighted by molar-refractivity contribution is 8.41. The fraction of sp³-hybridized carbons (Fsp3) is 0.143. The summed E-state index contributed by atoms with van der Waals surface area (Å²) in [5.41, 5.74) is -0.171. The number of hydrogen-bond acceptors (Lipinski definition) is 6. The van der Waals surface area contributed by atoms with E-state index >= 15 is 0 Å². The van der Waals surface area contributed by atoms with E-state index in [1.165, 1.54) is 24.6 Å². The number of hydrogen-bond donors (Lipinski definition) is 0. The van der Waals surface area contributed by atoms with Crippen LogP contribution in [0.5, 0.6) is 0 Å². The van der Waals surface area contributed by atoms with E-state index in [1.54, 1.807) is 18.4 Å². The van der Waals surface area contributed by atoms with Gasteiger partial charge < -0.3 is 8.60 Å². The van der Waals surface area contributed by atoms with Crippen LogP contribution in [0.2, 0.25) is 0 Å². The minimum Gasteiger partial charge on any atom is -0.431 e. The molecule has 0 bridgehead atoms. The molecule has 21 heavy (non-hydrogen) atoms. The van der Waals surface area contributed by atoms with Crippen LogP contribution in [0.25, 0.3) is 0 Å². The van der Waals surface area contributed by atoms with Crippen LogP contribution in [0.4, 0.5) is 0 Å². The molecule has 0 radical (unpaired) electrons. The Kier molecular flexibility index (Phi) is 3.13. The Morgan fingerprint density at radius 2 is 2.14 bits per heavy atom. The lowest BCUT2D eigenvalue weighted by Crippen LogP contribution is -2.16. The van der Waals surface area contributed by atoms with Crippen LogP contribution >= 0.6 is 10.3 Å². The Morgan fingerprint density at radius 3 is 2.86 bits per heavy atom. The summed E-state index contributed by atoms with van der Waals surface area (Å²) in [6.45, 7) is 0. The monoisotopic (exact) mass is 305 g/mol. The molecule has 1 aliphatic rings. The molecule has 0 amide bonds. The van der Waals surface area contributed by atoms with E-state index in [0.717, 1.165) is 0 Å². The summed E-state index contributed by atoms with van der Waals surface area (Å²) in [5.74, 6) is -0.678. The zero-order chi connectivity index (χ0) is 15.0. The predicted octanol–water partition coefficient (Wildman–Crippen LogP) is 1.68. The number of rotatable bonds is 2. The third-order valence-corrected chi connectivity index (χ3v) is 5.95. The molecule has 6 nitrogen and oxygen atoms in total. The van der Waals surface area contributed by atoms with Gasteiger partial charge in [-0.3, -0.25) is 4.79 Å². The lowest BCUT2D eigenvalue weighted by molar-refractivity contribution is -0.111. The van der Waals surface area contributed by atoms with Gasteiger partial charge >= 0.3 is 11.6 Å². The van der Waals surface area contributed by atoms with E-state index in [2.05, 4.69) is 4.98 Å². The van der Waals surface area contributed by atoms with Crippen LogP contribution in [0.3, 0.4) is 0 Å². The highest BCUT2D eigenvalue weighted by Crippen LogP contribution is 2.60. The maximum atomic E-state index is 12.2. The van der Waals surface area contributed by atoms with Crippen molar-refractivity contribution in [3.63, 3.8) is 0 Å². The molecule has 1 aliphatic heterocycles.